The molecular formula is C26H23FN6O4. The molecule has 1 atom stereocenters. The summed E-state index contributed by atoms with van der Waals surface area (Å²) in [5.74, 6) is -1.31. The summed E-state index contributed by atoms with van der Waals surface area (Å²) in [4.78, 5) is 45.1. The molecule has 188 valence electrons. The van der Waals surface area contributed by atoms with Gasteiger partial charge in [0, 0.05) is 25.2 Å². The van der Waals surface area contributed by atoms with E-state index in [0.29, 0.717) is 17.8 Å². The largest absolute Gasteiger partial charge is 0.441 e. The zero-order valence-corrected chi connectivity index (χ0v) is 20.1. The number of nitrogens with one attached hydrogen (secondary N) is 2. The molecule has 4 aromatic rings. The van der Waals surface area contributed by atoms with Gasteiger partial charge in [0.2, 0.25) is 0 Å². The summed E-state index contributed by atoms with van der Waals surface area (Å²) in [5.41, 5.74) is 4.11. The Bertz CT molecular complexity index is 1580. The number of fused-ring (bicyclic) bond motifs is 1. The number of amides is 2. The van der Waals surface area contributed by atoms with E-state index in [2.05, 4.69) is 25.8 Å². The lowest BCUT2D eigenvalue weighted by Gasteiger charge is -2.14. The Kier molecular flexibility index (Phi) is 6.34. The second-order valence-electron chi connectivity index (χ2n) is 8.86. The van der Waals surface area contributed by atoms with Crippen LogP contribution in [-0.2, 0) is 20.0 Å². The fourth-order valence-corrected chi connectivity index (χ4v) is 4.37. The topological polar surface area (TPSA) is 132 Å². The molecule has 11 heteroatoms. The minimum Gasteiger partial charge on any atom is -0.347 e. The first-order chi connectivity index (χ1) is 17.8. The molecule has 1 aliphatic rings. The fraction of sp³-hybridized carbons (Fsp3) is 0.231. The van der Waals surface area contributed by atoms with Crippen LogP contribution in [-0.4, -0.2) is 31.5 Å². The number of hydrogen-bond donors (Lipinski definition) is 2. The Morgan fingerprint density at radius 3 is 2.62 bits per heavy atom. The number of aryl methyl sites for hydroxylation is 2. The van der Waals surface area contributed by atoms with Crippen LogP contribution in [0.2, 0.25) is 0 Å². The standard InChI is InChI=1S/C26H23FN6O4/c1-14-9-15(3-7-19(14)27)12-28-24(34)21-11-22(30-13-29-21)25(35)31-20-8-5-16-10-17(4-6-18(16)20)23-32-37-26(36)33(23)2/h3-4,6-7,9-11,13,20H,5,8,12H2,1-2H3,(H,28,34)(H,31,35)/t20-/m0/s1. The van der Waals surface area contributed by atoms with Crippen molar-refractivity contribution in [2.45, 2.75) is 32.4 Å². The van der Waals surface area contributed by atoms with Crippen LogP contribution < -0.4 is 16.4 Å². The maximum atomic E-state index is 13.5. The number of carbonyl (C=O) groups is 2. The van der Waals surface area contributed by atoms with Crippen LogP contribution in [0.25, 0.3) is 11.4 Å². The first-order valence-corrected chi connectivity index (χ1v) is 11.6. The third-order valence-electron chi connectivity index (χ3n) is 6.39. The minimum absolute atomic E-state index is 0.0497. The lowest BCUT2D eigenvalue weighted by molar-refractivity contribution is 0.0931. The van der Waals surface area contributed by atoms with Gasteiger partial charge in [-0.15, -0.1) is 0 Å². The summed E-state index contributed by atoms with van der Waals surface area (Å²) in [5, 5.41) is 9.52. The van der Waals surface area contributed by atoms with Gasteiger partial charge < -0.3 is 10.6 Å². The van der Waals surface area contributed by atoms with E-state index in [1.807, 2.05) is 18.2 Å². The molecule has 0 radical (unpaired) electrons. The Morgan fingerprint density at radius 2 is 1.89 bits per heavy atom. The van der Waals surface area contributed by atoms with E-state index in [4.69, 9.17) is 4.52 Å². The smallest absolute Gasteiger partial charge is 0.347 e. The van der Waals surface area contributed by atoms with E-state index in [9.17, 15) is 18.8 Å². The van der Waals surface area contributed by atoms with E-state index in [0.717, 1.165) is 28.7 Å². The molecule has 0 aliphatic heterocycles. The SMILES string of the molecule is Cc1cc(CNC(=O)c2cc(C(=O)N[C@H]3CCc4cc(-c5noc(=O)n5C)ccc43)ncn2)ccc1F. The predicted molar refractivity (Wildman–Crippen MR) is 130 cm³/mol. The van der Waals surface area contributed by atoms with Crippen LogP contribution in [0, 0.1) is 12.7 Å². The van der Waals surface area contributed by atoms with Crippen molar-refractivity contribution < 1.29 is 18.5 Å². The molecule has 0 fully saturated rings. The Hall–Kier alpha value is -4.67. The molecule has 0 unspecified atom stereocenters. The van der Waals surface area contributed by atoms with Crippen LogP contribution in [0.4, 0.5) is 4.39 Å². The molecule has 0 saturated heterocycles. The molecule has 0 saturated carbocycles. The average Bonchev–Trinajstić information content (AvgIpc) is 3.46. The van der Waals surface area contributed by atoms with E-state index in [1.54, 1.807) is 26.1 Å². The zero-order valence-electron chi connectivity index (χ0n) is 20.1. The van der Waals surface area contributed by atoms with Gasteiger partial charge in [-0.2, -0.15) is 0 Å². The molecule has 2 aromatic carbocycles. The monoisotopic (exact) mass is 502 g/mol. The molecule has 2 N–H and O–H groups in total. The average molecular weight is 503 g/mol. The van der Waals surface area contributed by atoms with Crippen molar-refractivity contribution in [1.82, 2.24) is 30.3 Å². The van der Waals surface area contributed by atoms with Crippen LogP contribution >= 0.6 is 0 Å². The molecule has 2 aromatic heterocycles. The third-order valence-corrected chi connectivity index (χ3v) is 6.39. The van der Waals surface area contributed by atoms with Gasteiger partial charge in [0.25, 0.3) is 11.8 Å². The summed E-state index contributed by atoms with van der Waals surface area (Å²) < 4.78 is 19.5. The first-order valence-electron chi connectivity index (χ1n) is 11.6. The first kappa shape index (κ1) is 24.0. The van der Waals surface area contributed by atoms with Gasteiger partial charge in [-0.3, -0.25) is 18.7 Å². The molecule has 2 heterocycles. The lowest BCUT2D eigenvalue weighted by atomic mass is 10.0. The van der Waals surface area contributed by atoms with Gasteiger partial charge in [-0.25, -0.2) is 19.2 Å². The third kappa shape index (κ3) is 4.88. The normalized spacial score (nSPS) is 14.3. The molecule has 2 amide bonds. The quantitative estimate of drug-likeness (QED) is 0.414. The van der Waals surface area contributed by atoms with E-state index >= 15 is 0 Å². The van der Waals surface area contributed by atoms with Crippen molar-refractivity contribution in [2.75, 3.05) is 0 Å². The van der Waals surface area contributed by atoms with E-state index < -0.39 is 17.6 Å². The number of benzene rings is 2. The second kappa shape index (κ2) is 9.76. The summed E-state index contributed by atoms with van der Waals surface area (Å²) in [7, 11) is 1.59. The van der Waals surface area contributed by atoms with E-state index in [-0.39, 0.29) is 29.8 Å². The summed E-state index contributed by atoms with van der Waals surface area (Å²) in [6.07, 6.45) is 2.60. The summed E-state index contributed by atoms with van der Waals surface area (Å²) in [6, 6.07) is 11.4. The van der Waals surface area contributed by atoms with Crippen molar-refractivity contribution in [1.29, 1.82) is 0 Å². The Morgan fingerprint density at radius 1 is 1.11 bits per heavy atom. The Balaban J connectivity index is 1.25. The number of carbonyl (C=O) groups excluding carboxylic acids is 2. The van der Waals surface area contributed by atoms with Crippen molar-refractivity contribution in [3.8, 4) is 11.4 Å². The minimum atomic E-state index is -0.538. The van der Waals surface area contributed by atoms with Crippen LogP contribution in [0.15, 0.2) is 58.1 Å². The van der Waals surface area contributed by atoms with Crippen molar-refractivity contribution in [2.24, 2.45) is 7.05 Å². The highest BCUT2D eigenvalue weighted by molar-refractivity contribution is 5.97. The molecule has 1 aliphatic carbocycles. The molecule has 5 rings (SSSR count). The highest BCUT2D eigenvalue weighted by Crippen LogP contribution is 2.33. The lowest BCUT2D eigenvalue weighted by Crippen LogP contribution is -2.29. The van der Waals surface area contributed by atoms with Crippen LogP contribution in [0.5, 0.6) is 0 Å². The van der Waals surface area contributed by atoms with Crippen LogP contribution in [0.3, 0.4) is 0 Å². The predicted octanol–water partition coefficient (Wildman–Crippen LogP) is 2.63. The van der Waals surface area contributed by atoms with E-state index in [1.165, 1.54) is 23.0 Å². The molecule has 0 bridgehead atoms. The van der Waals surface area contributed by atoms with Gasteiger partial charge in [-0.05, 0) is 54.2 Å². The number of nitrogens with zero attached hydrogens (tertiary/aromatic N) is 4. The number of aromatic nitrogens is 4. The van der Waals surface area contributed by atoms with Gasteiger partial charge in [0.1, 0.15) is 23.5 Å². The van der Waals surface area contributed by atoms with Gasteiger partial charge in [0.15, 0.2) is 5.82 Å². The van der Waals surface area contributed by atoms with Crippen LogP contribution in [0.1, 0.15) is 55.7 Å². The second-order valence-corrected chi connectivity index (χ2v) is 8.86. The molecule has 0 spiro atoms. The highest BCUT2D eigenvalue weighted by Gasteiger charge is 2.26. The maximum absolute atomic E-state index is 13.5. The maximum Gasteiger partial charge on any atom is 0.441 e. The van der Waals surface area contributed by atoms with Gasteiger partial charge in [0.05, 0.1) is 6.04 Å². The zero-order chi connectivity index (χ0) is 26.1. The molecular weight excluding hydrogens is 479 g/mol. The number of hydrogen-bond acceptors (Lipinski definition) is 7. The highest BCUT2D eigenvalue weighted by atomic mass is 19.1. The van der Waals surface area contributed by atoms with Crippen molar-refractivity contribution in [3.05, 3.63) is 98.8 Å². The molecule has 37 heavy (non-hydrogen) atoms. The number of halogens is 1. The fourth-order valence-electron chi connectivity index (χ4n) is 4.37. The molecule has 10 nitrogen and oxygen atoms in total. The summed E-state index contributed by atoms with van der Waals surface area (Å²) >= 11 is 0. The summed E-state index contributed by atoms with van der Waals surface area (Å²) in [6.45, 7) is 1.84. The van der Waals surface area contributed by atoms with Gasteiger partial charge >= 0.3 is 5.76 Å². The number of rotatable bonds is 6. The van der Waals surface area contributed by atoms with Gasteiger partial charge in [-0.1, -0.05) is 29.4 Å². The Labute approximate surface area is 210 Å². The van der Waals surface area contributed by atoms with Crippen molar-refractivity contribution >= 4 is 11.8 Å². The van der Waals surface area contributed by atoms with Crippen molar-refractivity contribution in [3.63, 3.8) is 0 Å².